The van der Waals surface area contributed by atoms with Crippen LogP contribution in [0.15, 0.2) is 15.8 Å². The van der Waals surface area contributed by atoms with Gasteiger partial charge in [0.05, 0.1) is 5.41 Å². The molecule has 2 rings (SSSR count). The summed E-state index contributed by atoms with van der Waals surface area (Å²) in [6, 6.07) is 0. The lowest BCUT2D eigenvalue weighted by Crippen LogP contribution is -2.52. The minimum absolute atomic E-state index is 0.0894. The first kappa shape index (κ1) is 20.7. The zero-order valence-electron chi connectivity index (χ0n) is 17.0. The van der Waals surface area contributed by atoms with E-state index in [9.17, 15) is 14.4 Å². The lowest BCUT2D eigenvalue weighted by atomic mass is 9.79. The Kier molecular flexibility index (Phi) is 6.30. The summed E-state index contributed by atoms with van der Waals surface area (Å²) in [5, 5.41) is 0. The Morgan fingerprint density at radius 3 is 2.00 bits per heavy atom. The molecule has 1 aliphatic carbocycles. The van der Waals surface area contributed by atoms with Crippen molar-refractivity contribution >= 4 is 5.78 Å². The van der Waals surface area contributed by atoms with Crippen molar-refractivity contribution in [2.75, 3.05) is 0 Å². The van der Waals surface area contributed by atoms with E-state index < -0.39 is 11.0 Å². The highest BCUT2D eigenvalue weighted by Crippen LogP contribution is 2.34. The van der Waals surface area contributed by atoms with Gasteiger partial charge in [-0.15, -0.1) is 0 Å². The Morgan fingerprint density at radius 2 is 1.50 bits per heavy atom. The van der Waals surface area contributed by atoms with Crippen molar-refractivity contribution in [2.45, 2.75) is 96.9 Å². The number of Topliss-reactive ketones (excluding diaryl/α,β-unsaturated/α-hetero) is 1. The maximum Gasteiger partial charge on any atom is 0.328 e. The largest absolute Gasteiger partial charge is 0.328 e. The summed E-state index contributed by atoms with van der Waals surface area (Å²) >= 11 is 0. The topological polar surface area (TPSA) is 71.9 Å². The van der Waals surface area contributed by atoms with Gasteiger partial charge in [0, 0.05) is 17.3 Å². The van der Waals surface area contributed by atoms with Crippen LogP contribution in [0.4, 0.5) is 0 Å². The minimum Gasteiger partial charge on any atom is -0.314 e. The Morgan fingerprint density at radius 1 is 1.00 bits per heavy atom. The Labute approximate surface area is 156 Å². The second kappa shape index (κ2) is 7.93. The maximum absolute atomic E-state index is 13.2. The molecular weight excluding hydrogens is 328 g/mol. The molecule has 5 heteroatoms. The standard InChI is InChI=1S/C21H34N2O3/c1-15(24)20(2,3)17-14-22-19(26)23(18(17)25)21(4,5)16-12-10-8-6-7-9-11-13-16/h14,16H,6-13H2,1-5H3,(H,22,26). The van der Waals surface area contributed by atoms with Crippen LogP contribution >= 0.6 is 0 Å². The van der Waals surface area contributed by atoms with Crippen molar-refractivity contribution in [3.05, 3.63) is 32.6 Å². The van der Waals surface area contributed by atoms with Gasteiger partial charge in [0.15, 0.2) is 0 Å². The molecule has 26 heavy (non-hydrogen) atoms. The van der Waals surface area contributed by atoms with Crippen LogP contribution in [-0.2, 0) is 15.7 Å². The summed E-state index contributed by atoms with van der Waals surface area (Å²) in [7, 11) is 0. The number of rotatable bonds is 4. The molecule has 1 fully saturated rings. The van der Waals surface area contributed by atoms with Crippen molar-refractivity contribution in [1.82, 2.24) is 9.55 Å². The lowest BCUT2D eigenvalue weighted by Gasteiger charge is -2.36. The summed E-state index contributed by atoms with van der Waals surface area (Å²) < 4.78 is 1.37. The van der Waals surface area contributed by atoms with Crippen LogP contribution in [-0.4, -0.2) is 15.3 Å². The van der Waals surface area contributed by atoms with Crippen molar-refractivity contribution in [2.24, 2.45) is 5.92 Å². The normalized spacial score (nSPS) is 18.0. The molecule has 1 N–H and O–H groups in total. The smallest absolute Gasteiger partial charge is 0.314 e. The molecule has 0 bridgehead atoms. The van der Waals surface area contributed by atoms with Crippen LogP contribution in [0.3, 0.4) is 0 Å². The summed E-state index contributed by atoms with van der Waals surface area (Å²) in [5.41, 5.74) is -1.86. The van der Waals surface area contributed by atoms with Crippen molar-refractivity contribution in [3.63, 3.8) is 0 Å². The molecule has 0 aliphatic heterocycles. The monoisotopic (exact) mass is 362 g/mol. The number of nitrogens with zero attached hydrogens (tertiary/aromatic N) is 1. The van der Waals surface area contributed by atoms with Crippen molar-refractivity contribution in [3.8, 4) is 0 Å². The summed E-state index contributed by atoms with van der Waals surface area (Å²) in [6.07, 6.45) is 10.7. The van der Waals surface area contributed by atoms with E-state index in [-0.39, 0.29) is 23.0 Å². The van der Waals surface area contributed by atoms with Gasteiger partial charge in [-0.25, -0.2) is 4.79 Å². The third-order valence-electron chi connectivity index (χ3n) is 6.46. The summed E-state index contributed by atoms with van der Waals surface area (Å²) in [4.78, 5) is 40.6. The predicted molar refractivity (Wildman–Crippen MR) is 105 cm³/mol. The first-order chi connectivity index (χ1) is 12.1. The first-order valence-electron chi connectivity index (χ1n) is 9.97. The Bertz CT molecular complexity index is 745. The van der Waals surface area contributed by atoms with Gasteiger partial charge in [-0.3, -0.25) is 14.2 Å². The molecule has 0 aromatic carbocycles. The van der Waals surface area contributed by atoms with E-state index in [1.807, 2.05) is 13.8 Å². The van der Waals surface area contributed by atoms with Gasteiger partial charge in [0.2, 0.25) is 0 Å². The molecule has 1 aliphatic rings. The number of aromatic amines is 1. The molecule has 0 spiro atoms. The molecule has 0 saturated heterocycles. The third-order valence-corrected chi connectivity index (χ3v) is 6.46. The molecule has 1 aromatic rings. The zero-order valence-corrected chi connectivity index (χ0v) is 17.0. The molecule has 0 unspecified atom stereocenters. The van der Waals surface area contributed by atoms with Crippen LogP contribution in [0.1, 0.15) is 91.5 Å². The highest BCUT2D eigenvalue weighted by Gasteiger charge is 2.37. The van der Waals surface area contributed by atoms with Crippen LogP contribution < -0.4 is 11.2 Å². The number of hydrogen-bond donors (Lipinski definition) is 1. The fourth-order valence-electron chi connectivity index (χ4n) is 4.16. The fraction of sp³-hybridized carbons (Fsp3) is 0.762. The van der Waals surface area contributed by atoms with Gasteiger partial charge >= 0.3 is 5.69 Å². The van der Waals surface area contributed by atoms with E-state index in [1.165, 1.54) is 43.4 Å². The van der Waals surface area contributed by atoms with E-state index in [2.05, 4.69) is 4.98 Å². The van der Waals surface area contributed by atoms with Gasteiger partial charge in [0.25, 0.3) is 5.56 Å². The van der Waals surface area contributed by atoms with Crippen molar-refractivity contribution in [1.29, 1.82) is 0 Å². The predicted octanol–water partition coefficient (Wildman–Crippen LogP) is 3.89. The average Bonchev–Trinajstić information content (AvgIpc) is 2.68. The summed E-state index contributed by atoms with van der Waals surface area (Å²) in [6.45, 7) is 8.95. The number of ketones is 1. The fourth-order valence-corrected chi connectivity index (χ4v) is 4.16. The van der Waals surface area contributed by atoms with Crippen molar-refractivity contribution < 1.29 is 4.79 Å². The number of aromatic nitrogens is 2. The number of hydrogen-bond acceptors (Lipinski definition) is 3. The SMILES string of the molecule is CC(=O)C(C)(C)c1c[nH]c(=O)n(C(C)(C)C2CCCCCCCC2)c1=O. The Hall–Kier alpha value is -1.65. The number of carbonyl (C=O) groups is 1. The molecule has 1 heterocycles. The molecule has 146 valence electrons. The third kappa shape index (κ3) is 4.02. The maximum atomic E-state index is 13.2. The van der Waals surface area contributed by atoms with Crippen LogP contribution in [0.5, 0.6) is 0 Å². The number of H-pyrrole nitrogens is 1. The quantitative estimate of drug-likeness (QED) is 0.883. The van der Waals surface area contributed by atoms with Gasteiger partial charge in [-0.05, 0) is 53.4 Å². The van der Waals surface area contributed by atoms with E-state index in [0.29, 0.717) is 5.56 Å². The van der Waals surface area contributed by atoms with Crippen LogP contribution in [0.2, 0.25) is 0 Å². The lowest BCUT2D eigenvalue weighted by molar-refractivity contribution is -0.121. The molecule has 1 aromatic heterocycles. The van der Waals surface area contributed by atoms with E-state index in [1.54, 1.807) is 13.8 Å². The number of nitrogens with one attached hydrogen (secondary N) is 1. The van der Waals surface area contributed by atoms with Crippen LogP contribution in [0, 0.1) is 5.92 Å². The molecule has 0 radical (unpaired) electrons. The second-order valence-corrected chi connectivity index (χ2v) is 8.88. The minimum atomic E-state index is -0.919. The summed E-state index contributed by atoms with van der Waals surface area (Å²) in [5.74, 6) is 0.184. The van der Waals surface area contributed by atoms with E-state index in [4.69, 9.17) is 0 Å². The van der Waals surface area contributed by atoms with Crippen LogP contribution in [0.25, 0.3) is 0 Å². The van der Waals surface area contributed by atoms with Gasteiger partial charge < -0.3 is 4.98 Å². The van der Waals surface area contributed by atoms with Gasteiger partial charge in [0.1, 0.15) is 5.78 Å². The zero-order chi connectivity index (χ0) is 19.5. The van der Waals surface area contributed by atoms with Gasteiger partial charge in [-0.2, -0.15) is 0 Å². The highest BCUT2D eigenvalue weighted by molar-refractivity contribution is 5.86. The first-order valence-corrected chi connectivity index (χ1v) is 9.97. The molecule has 0 amide bonds. The highest BCUT2D eigenvalue weighted by atomic mass is 16.2. The molecule has 5 nitrogen and oxygen atoms in total. The van der Waals surface area contributed by atoms with E-state index >= 15 is 0 Å². The second-order valence-electron chi connectivity index (χ2n) is 8.88. The Balaban J connectivity index is 2.52. The number of carbonyl (C=O) groups excluding carboxylic acids is 1. The molecular formula is C21H34N2O3. The van der Waals surface area contributed by atoms with E-state index in [0.717, 1.165) is 25.7 Å². The van der Waals surface area contributed by atoms with Gasteiger partial charge in [-0.1, -0.05) is 38.5 Å². The molecule has 1 saturated carbocycles. The molecule has 0 atom stereocenters. The average molecular weight is 363 g/mol.